The lowest BCUT2D eigenvalue weighted by Gasteiger charge is -2.35. The molecule has 0 radical (unpaired) electrons. The third-order valence-corrected chi connectivity index (χ3v) is 3.43. The van der Waals surface area contributed by atoms with E-state index in [2.05, 4.69) is 29.3 Å². The fourth-order valence-electron chi connectivity index (χ4n) is 2.52. The molecule has 0 bridgehead atoms. The highest BCUT2D eigenvalue weighted by atomic mass is 35.5. The standard InChI is InChI=1S/C14H22N2O.2ClH/c1-2-3-14(16-10-8-15-9-11-16)12-4-6-13(17)7-5-12;;/h4-7,14-15,17H,2-3,8-11H2,1H3;2*1H/t14-;;/m0../s1. The van der Waals surface area contributed by atoms with Crippen molar-refractivity contribution in [2.24, 2.45) is 0 Å². The van der Waals surface area contributed by atoms with Crippen LogP contribution in [0.5, 0.6) is 5.75 Å². The first-order chi connectivity index (χ1) is 8.31. The van der Waals surface area contributed by atoms with E-state index < -0.39 is 0 Å². The van der Waals surface area contributed by atoms with Gasteiger partial charge in [-0.3, -0.25) is 4.90 Å². The van der Waals surface area contributed by atoms with Crippen molar-refractivity contribution >= 4 is 24.8 Å². The van der Waals surface area contributed by atoms with Gasteiger partial charge < -0.3 is 10.4 Å². The van der Waals surface area contributed by atoms with Crippen LogP contribution in [0.15, 0.2) is 24.3 Å². The van der Waals surface area contributed by atoms with Crippen molar-refractivity contribution in [3.63, 3.8) is 0 Å². The minimum atomic E-state index is 0. The highest BCUT2D eigenvalue weighted by Crippen LogP contribution is 2.27. The van der Waals surface area contributed by atoms with E-state index >= 15 is 0 Å². The number of halogens is 2. The lowest BCUT2D eigenvalue weighted by atomic mass is 10.00. The quantitative estimate of drug-likeness (QED) is 0.897. The molecule has 0 spiro atoms. The van der Waals surface area contributed by atoms with Gasteiger partial charge in [0.1, 0.15) is 5.75 Å². The first-order valence-electron chi connectivity index (χ1n) is 6.55. The van der Waals surface area contributed by atoms with E-state index in [9.17, 15) is 5.11 Å². The summed E-state index contributed by atoms with van der Waals surface area (Å²) in [5.41, 5.74) is 1.33. The second kappa shape index (κ2) is 9.43. The summed E-state index contributed by atoms with van der Waals surface area (Å²) in [7, 11) is 0. The highest BCUT2D eigenvalue weighted by Gasteiger charge is 2.21. The summed E-state index contributed by atoms with van der Waals surface area (Å²) in [4.78, 5) is 2.55. The van der Waals surface area contributed by atoms with Gasteiger partial charge in [-0.15, -0.1) is 24.8 Å². The van der Waals surface area contributed by atoms with Gasteiger partial charge >= 0.3 is 0 Å². The smallest absolute Gasteiger partial charge is 0.115 e. The maximum Gasteiger partial charge on any atom is 0.115 e. The maximum absolute atomic E-state index is 9.36. The zero-order chi connectivity index (χ0) is 12.1. The Balaban J connectivity index is 0.00000162. The molecule has 0 amide bonds. The molecule has 5 heteroatoms. The molecule has 2 rings (SSSR count). The van der Waals surface area contributed by atoms with Gasteiger partial charge in [0.05, 0.1) is 0 Å². The number of benzene rings is 1. The average molecular weight is 307 g/mol. The lowest BCUT2D eigenvalue weighted by molar-refractivity contribution is 0.164. The van der Waals surface area contributed by atoms with Crippen LogP contribution in [0.3, 0.4) is 0 Å². The predicted molar refractivity (Wildman–Crippen MR) is 84.7 cm³/mol. The molecule has 1 aliphatic heterocycles. The number of hydrogen-bond acceptors (Lipinski definition) is 3. The molecular weight excluding hydrogens is 283 g/mol. The molecule has 1 heterocycles. The molecule has 2 N–H and O–H groups in total. The van der Waals surface area contributed by atoms with Crippen LogP contribution in [0.1, 0.15) is 31.4 Å². The first-order valence-corrected chi connectivity index (χ1v) is 6.55. The molecule has 110 valence electrons. The summed E-state index contributed by atoms with van der Waals surface area (Å²) < 4.78 is 0. The number of piperazine rings is 1. The monoisotopic (exact) mass is 306 g/mol. The minimum absolute atomic E-state index is 0. The largest absolute Gasteiger partial charge is 0.508 e. The Morgan fingerprint density at radius 1 is 1.16 bits per heavy atom. The van der Waals surface area contributed by atoms with Crippen LogP contribution < -0.4 is 5.32 Å². The van der Waals surface area contributed by atoms with Crippen LogP contribution in [0.25, 0.3) is 0 Å². The van der Waals surface area contributed by atoms with Gasteiger partial charge in [-0.2, -0.15) is 0 Å². The van der Waals surface area contributed by atoms with E-state index in [-0.39, 0.29) is 24.8 Å². The minimum Gasteiger partial charge on any atom is -0.508 e. The van der Waals surface area contributed by atoms with Gasteiger partial charge in [-0.05, 0) is 24.1 Å². The average Bonchev–Trinajstić information content (AvgIpc) is 2.38. The third-order valence-electron chi connectivity index (χ3n) is 3.43. The number of nitrogens with zero attached hydrogens (tertiary/aromatic N) is 1. The number of phenolic OH excluding ortho intramolecular Hbond substituents is 1. The zero-order valence-electron chi connectivity index (χ0n) is 11.3. The predicted octanol–water partition coefficient (Wildman–Crippen LogP) is 2.98. The van der Waals surface area contributed by atoms with Crippen molar-refractivity contribution < 1.29 is 5.11 Å². The molecule has 0 aromatic heterocycles. The van der Waals surface area contributed by atoms with E-state index in [0.29, 0.717) is 11.8 Å². The zero-order valence-corrected chi connectivity index (χ0v) is 13.0. The van der Waals surface area contributed by atoms with E-state index in [1.165, 1.54) is 18.4 Å². The molecule has 1 saturated heterocycles. The number of rotatable bonds is 4. The molecule has 1 aromatic carbocycles. The van der Waals surface area contributed by atoms with Crippen LogP contribution in [0.2, 0.25) is 0 Å². The van der Waals surface area contributed by atoms with Crippen LogP contribution >= 0.6 is 24.8 Å². The number of hydrogen-bond donors (Lipinski definition) is 2. The SMILES string of the molecule is CCC[C@@H](c1ccc(O)cc1)N1CCNCC1.Cl.Cl. The molecule has 19 heavy (non-hydrogen) atoms. The summed E-state index contributed by atoms with van der Waals surface area (Å²) in [6.45, 7) is 6.63. The van der Waals surface area contributed by atoms with Crippen LogP contribution in [-0.4, -0.2) is 36.2 Å². The molecule has 0 saturated carbocycles. The van der Waals surface area contributed by atoms with Crippen LogP contribution in [0, 0.1) is 0 Å². The Morgan fingerprint density at radius 2 is 1.74 bits per heavy atom. The molecule has 3 nitrogen and oxygen atoms in total. The van der Waals surface area contributed by atoms with Crippen molar-refractivity contribution in [3.05, 3.63) is 29.8 Å². The molecular formula is C14H24Cl2N2O. The van der Waals surface area contributed by atoms with Crippen molar-refractivity contribution in [2.75, 3.05) is 26.2 Å². The summed E-state index contributed by atoms with van der Waals surface area (Å²) in [5, 5.41) is 12.7. The Morgan fingerprint density at radius 3 is 2.26 bits per heavy atom. The number of phenols is 1. The van der Waals surface area contributed by atoms with Crippen LogP contribution in [-0.2, 0) is 0 Å². The van der Waals surface area contributed by atoms with Crippen LogP contribution in [0.4, 0.5) is 0 Å². The van der Waals surface area contributed by atoms with E-state index in [1.54, 1.807) is 12.1 Å². The second-order valence-corrected chi connectivity index (χ2v) is 4.68. The molecule has 0 aliphatic carbocycles. The molecule has 0 unspecified atom stereocenters. The van der Waals surface area contributed by atoms with Gasteiger partial charge in [-0.1, -0.05) is 25.5 Å². The van der Waals surface area contributed by atoms with E-state index in [0.717, 1.165) is 26.2 Å². The normalized spacial score (nSPS) is 17.1. The number of aromatic hydroxyl groups is 1. The van der Waals surface area contributed by atoms with Crippen molar-refractivity contribution in [1.82, 2.24) is 10.2 Å². The fourth-order valence-corrected chi connectivity index (χ4v) is 2.52. The second-order valence-electron chi connectivity index (χ2n) is 4.68. The summed E-state index contributed by atoms with van der Waals surface area (Å²) in [5.74, 6) is 0.351. The van der Waals surface area contributed by atoms with Gasteiger partial charge in [0, 0.05) is 32.2 Å². The molecule has 1 aromatic rings. The van der Waals surface area contributed by atoms with Gasteiger partial charge in [0.15, 0.2) is 0 Å². The van der Waals surface area contributed by atoms with Gasteiger partial charge in [-0.25, -0.2) is 0 Å². The first kappa shape index (κ1) is 18.5. The summed E-state index contributed by atoms with van der Waals surface area (Å²) >= 11 is 0. The lowest BCUT2D eigenvalue weighted by Crippen LogP contribution is -2.45. The molecule has 1 aliphatic rings. The van der Waals surface area contributed by atoms with E-state index in [1.807, 2.05) is 0 Å². The van der Waals surface area contributed by atoms with Crippen molar-refractivity contribution in [2.45, 2.75) is 25.8 Å². The van der Waals surface area contributed by atoms with Gasteiger partial charge in [0.25, 0.3) is 0 Å². The fraction of sp³-hybridized carbons (Fsp3) is 0.571. The Labute approximate surface area is 128 Å². The summed E-state index contributed by atoms with van der Waals surface area (Å²) in [6, 6.07) is 8.19. The molecule has 1 atom stereocenters. The third kappa shape index (κ3) is 5.19. The van der Waals surface area contributed by atoms with Gasteiger partial charge in [0.2, 0.25) is 0 Å². The Bertz CT molecular complexity index is 340. The highest BCUT2D eigenvalue weighted by molar-refractivity contribution is 5.85. The number of nitrogens with one attached hydrogen (secondary N) is 1. The Hall–Kier alpha value is -0.480. The topological polar surface area (TPSA) is 35.5 Å². The van der Waals surface area contributed by atoms with Crippen molar-refractivity contribution in [1.29, 1.82) is 0 Å². The molecule has 1 fully saturated rings. The summed E-state index contributed by atoms with van der Waals surface area (Å²) in [6.07, 6.45) is 2.38. The maximum atomic E-state index is 9.36. The van der Waals surface area contributed by atoms with Crippen molar-refractivity contribution in [3.8, 4) is 5.75 Å². The van der Waals surface area contributed by atoms with E-state index in [4.69, 9.17) is 0 Å². The Kier molecular flexibility index (Phi) is 9.19.